The highest BCUT2D eigenvalue weighted by molar-refractivity contribution is 7.92. The smallest absolute Gasteiger partial charge is 0.264 e. The molecule has 0 radical (unpaired) electrons. The molecule has 6 heteroatoms. The number of hydrogen-bond acceptors (Lipinski definition) is 3. The molecule has 5 nitrogen and oxygen atoms in total. The number of anilines is 1. The van der Waals surface area contributed by atoms with Gasteiger partial charge in [-0.15, -0.1) is 0 Å². The lowest BCUT2D eigenvalue weighted by Gasteiger charge is -2.25. The molecule has 0 heterocycles. The van der Waals surface area contributed by atoms with Gasteiger partial charge in [-0.3, -0.25) is 9.10 Å². The van der Waals surface area contributed by atoms with Crippen molar-refractivity contribution < 1.29 is 13.2 Å². The van der Waals surface area contributed by atoms with E-state index >= 15 is 0 Å². The molecule has 28 heavy (non-hydrogen) atoms. The highest BCUT2D eigenvalue weighted by Crippen LogP contribution is 2.24. The van der Waals surface area contributed by atoms with Crippen molar-refractivity contribution in [2.75, 3.05) is 10.8 Å². The molecular weight excluding hydrogens is 372 g/mol. The number of amides is 1. The highest BCUT2D eigenvalue weighted by atomic mass is 32.2. The second-order valence-corrected chi connectivity index (χ2v) is 9.28. The summed E-state index contributed by atoms with van der Waals surface area (Å²) in [6, 6.07) is 15.6. The van der Waals surface area contributed by atoms with Crippen molar-refractivity contribution in [3.8, 4) is 0 Å². The van der Waals surface area contributed by atoms with Crippen LogP contribution < -0.4 is 9.62 Å². The molecule has 0 aromatic heterocycles. The van der Waals surface area contributed by atoms with Crippen molar-refractivity contribution in [2.24, 2.45) is 0 Å². The molecular formula is C22H28N2O3S. The molecule has 2 aromatic carbocycles. The Morgan fingerprint density at radius 1 is 0.964 bits per heavy atom. The SMILES string of the molecule is Cc1ccc(N(CC(=O)NC2CCCCCC2)S(=O)(=O)c2ccccc2)cc1. The molecule has 1 fully saturated rings. The first kappa shape index (κ1) is 20.4. The standard InChI is InChI=1S/C22H28N2O3S/c1-18-13-15-20(16-14-18)24(28(26,27)21-11-7-4-8-12-21)17-22(25)23-19-9-5-2-3-6-10-19/h4,7-8,11-16,19H,2-3,5-6,9-10,17H2,1H3,(H,23,25). The Hall–Kier alpha value is -2.34. The quantitative estimate of drug-likeness (QED) is 0.745. The number of sulfonamides is 1. The van der Waals surface area contributed by atoms with E-state index in [1.807, 2.05) is 19.1 Å². The molecule has 0 aliphatic heterocycles. The van der Waals surface area contributed by atoms with Gasteiger partial charge in [-0.1, -0.05) is 61.6 Å². The molecule has 3 rings (SSSR count). The van der Waals surface area contributed by atoms with Crippen molar-refractivity contribution in [3.63, 3.8) is 0 Å². The van der Waals surface area contributed by atoms with Gasteiger partial charge in [0.05, 0.1) is 10.6 Å². The maximum atomic E-state index is 13.2. The lowest BCUT2D eigenvalue weighted by molar-refractivity contribution is -0.120. The molecule has 0 saturated heterocycles. The van der Waals surface area contributed by atoms with E-state index in [-0.39, 0.29) is 23.4 Å². The van der Waals surface area contributed by atoms with Gasteiger partial charge in [0.1, 0.15) is 6.54 Å². The predicted molar refractivity (Wildman–Crippen MR) is 112 cm³/mol. The summed E-state index contributed by atoms with van der Waals surface area (Å²) in [7, 11) is -3.84. The summed E-state index contributed by atoms with van der Waals surface area (Å²) >= 11 is 0. The first-order valence-electron chi connectivity index (χ1n) is 9.90. The van der Waals surface area contributed by atoms with Crippen LogP contribution in [0.4, 0.5) is 5.69 Å². The number of carbonyl (C=O) groups is 1. The van der Waals surface area contributed by atoms with Crippen LogP contribution in [0.5, 0.6) is 0 Å². The van der Waals surface area contributed by atoms with Crippen LogP contribution in [0.15, 0.2) is 59.5 Å². The Morgan fingerprint density at radius 2 is 1.57 bits per heavy atom. The Balaban J connectivity index is 1.84. The first-order valence-corrected chi connectivity index (χ1v) is 11.3. The average Bonchev–Trinajstić information content (AvgIpc) is 2.96. The molecule has 0 atom stereocenters. The van der Waals surface area contributed by atoms with Gasteiger partial charge in [-0.25, -0.2) is 8.42 Å². The van der Waals surface area contributed by atoms with E-state index in [0.29, 0.717) is 5.69 Å². The second kappa shape index (κ2) is 9.24. The summed E-state index contributed by atoms with van der Waals surface area (Å²) in [6.45, 7) is 1.72. The Kier molecular flexibility index (Phi) is 6.73. The fraction of sp³-hybridized carbons (Fsp3) is 0.409. The van der Waals surface area contributed by atoms with E-state index in [1.165, 1.54) is 17.1 Å². The highest BCUT2D eigenvalue weighted by Gasteiger charge is 2.27. The lowest BCUT2D eigenvalue weighted by Crippen LogP contribution is -2.44. The molecule has 1 aliphatic rings. The van der Waals surface area contributed by atoms with Gasteiger partial charge in [0.25, 0.3) is 10.0 Å². The van der Waals surface area contributed by atoms with Crippen LogP contribution in [-0.4, -0.2) is 26.9 Å². The van der Waals surface area contributed by atoms with Gasteiger partial charge >= 0.3 is 0 Å². The zero-order valence-electron chi connectivity index (χ0n) is 16.3. The number of aryl methyl sites for hydroxylation is 1. The average molecular weight is 401 g/mol. The third-order valence-electron chi connectivity index (χ3n) is 5.16. The van der Waals surface area contributed by atoms with E-state index in [9.17, 15) is 13.2 Å². The van der Waals surface area contributed by atoms with Crippen LogP contribution in [0.1, 0.15) is 44.1 Å². The maximum Gasteiger partial charge on any atom is 0.264 e. The van der Waals surface area contributed by atoms with Crippen molar-refractivity contribution in [1.29, 1.82) is 0 Å². The third kappa shape index (κ3) is 5.13. The van der Waals surface area contributed by atoms with E-state index in [4.69, 9.17) is 0 Å². The zero-order chi connectivity index (χ0) is 20.0. The number of carbonyl (C=O) groups excluding carboxylic acids is 1. The van der Waals surface area contributed by atoms with E-state index < -0.39 is 10.0 Å². The third-order valence-corrected chi connectivity index (χ3v) is 6.95. The van der Waals surface area contributed by atoms with Gasteiger partial charge in [-0.2, -0.15) is 0 Å². The summed E-state index contributed by atoms with van der Waals surface area (Å²) in [5.41, 5.74) is 1.52. The van der Waals surface area contributed by atoms with Gasteiger partial charge in [0.2, 0.25) is 5.91 Å². The number of benzene rings is 2. The zero-order valence-corrected chi connectivity index (χ0v) is 17.1. The minimum atomic E-state index is -3.84. The van der Waals surface area contributed by atoms with Crippen LogP contribution in [0.3, 0.4) is 0 Å². The van der Waals surface area contributed by atoms with Crippen LogP contribution >= 0.6 is 0 Å². The van der Waals surface area contributed by atoms with Crippen molar-refractivity contribution in [1.82, 2.24) is 5.32 Å². The maximum absolute atomic E-state index is 13.2. The molecule has 1 aliphatic carbocycles. The van der Waals surface area contributed by atoms with Crippen LogP contribution in [0.25, 0.3) is 0 Å². The predicted octanol–water partition coefficient (Wildman–Crippen LogP) is 4.03. The summed E-state index contributed by atoms with van der Waals surface area (Å²) in [4.78, 5) is 12.9. The van der Waals surface area contributed by atoms with Crippen LogP contribution in [0.2, 0.25) is 0 Å². The van der Waals surface area contributed by atoms with E-state index in [0.717, 1.165) is 31.2 Å². The van der Waals surface area contributed by atoms with E-state index in [2.05, 4.69) is 5.32 Å². The molecule has 0 bridgehead atoms. The van der Waals surface area contributed by atoms with Gasteiger partial charge < -0.3 is 5.32 Å². The summed E-state index contributed by atoms with van der Waals surface area (Å²) < 4.78 is 27.7. The van der Waals surface area contributed by atoms with Gasteiger partial charge in [0, 0.05) is 6.04 Å². The Bertz CT molecular complexity index is 872. The topological polar surface area (TPSA) is 66.5 Å². The monoisotopic (exact) mass is 400 g/mol. The van der Waals surface area contributed by atoms with E-state index in [1.54, 1.807) is 42.5 Å². The number of hydrogen-bond donors (Lipinski definition) is 1. The number of nitrogens with one attached hydrogen (secondary N) is 1. The molecule has 1 saturated carbocycles. The van der Waals surface area contributed by atoms with Crippen molar-refractivity contribution >= 4 is 21.6 Å². The number of nitrogens with zero attached hydrogens (tertiary/aromatic N) is 1. The largest absolute Gasteiger partial charge is 0.352 e. The normalized spacial score (nSPS) is 15.6. The van der Waals surface area contributed by atoms with Crippen molar-refractivity contribution in [2.45, 2.75) is 56.4 Å². The summed E-state index contributed by atoms with van der Waals surface area (Å²) in [5.74, 6) is -0.257. The fourth-order valence-corrected chi connectivity index (χ4v) is 5.02. The first-order chi connectivity index (χ1) is 13.5. The molecule has 0 unspecified atom stereocenters. The Labute approximate surface area is 167 Å². The molecule has 150 valence electrons. The second-order valence-electron chi connectivity index (χ2n) is 7.42. The summed E-state index contributed by atoms with van der Waals surface area (Å²) in [6.07, 6.45) is 6.53. The molecule has 1 N–H and O–H groups in total. The summed E-state index contributed by atoms with van der Waals surface area (Å²) in [5, 5.41) is 3.05. The van der Waals surface area contributed by atoms with Crippen LogP contribution in [-0.2, 0) is 14.8 Å². The minimum Gasteiger partial charge on any atom is -0.352 e. The van der Waals surface area contributed by atoms with Crippen molar-refractivity contribution in [3.05, 3.63) is 60.2 Å². The van der Waals surface area contributed by atoms with Crippen LogP contribution in [0, 0.1) is 6.92 Å². The van der Waals surface area contributed by atoms with Gasteiger partial charge in [-0.05, 0) is 44.0 Å². The fourth-order valence-electron chi connectivity index (χ4n) is 3.57. The molecule has 1 amide bonds. The minimum absolute atomic E-state index is 0.134. The van der Waals surface area contributed by atoms with Gasteiger partial charge in [0.15, 0.2) is 0 Å². The molecule has 0 spiro atoms. The number of rotatable bonds is 6. The lowest BCUT2D eigenvalue weighted by atomic mass is 10.1. The Morgan fingerprint density at radius 3 is 2.18 bits per heavy atom. The molecule has 2 aromatic rings.